The Balaban J connectivity index is 1.47. The zero-order valence-electron chi connectivity index (χ0n) is 16.1. The number of sulfonamides is 1. The minimum absolute atomic E-state index is 0.000859. The first kappa shape index (κ1) is 21.7. The van der Waals surface area contributed by atoms with Crippen molar-refractivity contribution >= 4 is 54.9 Å². The van der Waals surface area contributed by atoms with E-state index in [0.717, 1.165) is 10.1 Å². The van der Waals surface area contributed by atoms with E-state index in [1.807, 2.05) is 24.3 Å². The zero-order valence-corrected chi connectivity index (χ0v) is 18.5. The van der Waals surface area contributed by atoms with Crippen LogP contribution >= 0.6 is 22.9 Å². The highest BCUT2D eigenvalue weighted by molar-refractivity contribution is 7.89. The van der Waals surface area contributed by atoms with E-state index in [4.69, 9.17) is 16.3 Å². The predicted octanol–water partition coefficient (Wildman–Crippen LogP) is 2.65. The van der Waals surface area contributed by atoms with Gasteiger partial charge in [-0.25, -0.2) is 8.42 Å². The molecule has 3 aromatic rings. The average Bonchev–Trinajstić information content (AvgIpc) is 3.14. The molecular weight excluding hydrogens is 462 g/mol. The maximum Gasteiger partial charge on any atom is 0.281 e. The van der Waals surface area contributed by atoms with E-state index in [1.54, 1.807) is 0 Å². The molecule has 8 nitrogen and oxygen atoms in total. The van der Waals surface area contributed by atoms with E-state index in [-0.39, 0.29) is 28.4 Å². The molecule has 0 saturated carbocycles. The van der Waals surface area contributed by atoms with Crippen molar-refractivity contribution in [1.29, 1.82) is 0 Å². The quantitative estimate of drug-likeness (QED) is 0.560. The Morgan fingerprint density at radius 2 is 1.71 bits per heavy atom. The first-order valence-electron chi connectivity index (χ1n) is 9.33. The van der Waals surface area contributed by atoms with E-state index in [1.165, 1.54) is 39.9 Å². The summed E-state index contributed by atoms with van der Waals surface area (Å²) in [6.45, 7) is 1.16. The number of rotatable bonds is 4. The fraction of sp³-hybridized carbons (Fsp3) is 0.200. The summed E-state index contributed by atoms with van der Waals surface area (Å²) < 4.78 is 32.9. The monoisotopic (exact) mass is 479 g/mol. The number of fused-ring (bicyclic) bond motifs is 1. The third-order valence-electron chi connectivity index (χ3n) is 4.73. The third kappa shape index (κ3) is 4.43. The van der Waals surface area contributed by atoms with Gasteiger partial charge in [0.25, 0.3) is 11.8 Å². The fourth-order valence-electron chi connectivity index (χ4n) is 3.14. The van der Waals surface area contributed by atoms with E-state index in [9.17, 15) is 18.0 Å². The summed E-state index contributed by atoms with van der Waals surface area (Å²) in [7, 11) is -3.74. The maximum atomic E-state index is 12.8. The maximum absolute atomic E-state index is 12.8. The summed E-state index contributed by atoms with van der Waals surface area (Å²) in [4.78, 5) is 25.3. The molecule has 0 atom stereocenters. The van der Waals surface area contributed by atoms with Crippen LogP contribution in [0.3, 0.4) is 0 Å². The van der Waals surface area contributed by atoms with Crippen molar-refractivity contribution in [3.05, 3.63) is 64.0 Å². The fourth-order valence-corrected chi connectivity index (χ4v) is 6.00. The largest absolute Gasteiger partial charge is 0.379 e. The Kier molecular flexibility index (Phi) is 6.26. The van der Waals surface area contributed by atoms with Crippen LogP contribution in [-0.2, 0) is 14.8 Å². The second-order valence-electron chi connectivity index (χ2n) is 6.69. The molecule has 1 fully saturated rings. The second kappa shape index (κ2) is 8.93. The summed E-state index contributed by atoms with van der Waals surface area (Å²) in [5.41, 5.74) is 4.73. The van der Waals surface area contributed by atoms with Gasteiger partial charge in [-0.3, -0.25) is 20.4 Å². The van der Waals surface area contributed by atoms with Crippen LogP contribution in [0, 0.1) is 0 Å². The molecule has 31 heavy (non-hydrogen) atoms. The van der Waals surface area contributed by atoms with Crippen LogP contribution in [0.25, 0.3) is 10.1 Å². The Morgan fingerprint density at radius 3 is 2.45 bits per heavy atom. The lowest BCUT2D eigenvalue weighted by Gasteiger charge is -2.26. The van der Waals surface area contributed by atoms with Crippen molar-refractivity contribution in [2.75, 3.05) is 26.3 Å². The summed E-state index contributed by atoms with van der Waals surface area (Å²) in [5.74, 6) is -1.21. The number of carbonyl (C=O) groups excluding carboxylic acids is 2. The van der Waals surface area contributed by atoms with Gasteiger partial charge in [-0.1, -0.05) is 35.9 Å². The molecule has 11 heteroatoms. The van der Waals surface area contributed by atoms with Crippen molar-refractivity contribution < 1.29 is 22.7 Å². The van der Waals surface area contributed by atoms with Crippen LogP contribution in [0.2, 0.25) is 5.02 Å². The Hall–Kier alpha value is -2.50. The minimum atomic E-state index is -3.74. The average molecular weight is 480 g/mol. The Labute approximate surface area is 187 Å². The number of hydrogen-bond donors (Lipinski definition) is 2. The lowest BCUT2D eigenvalue weighted by atomic mass is 10.2. The van der Waals surface area contributed by atoms with E-state index >= 15 is 0 Å². The van der Waals surface area contributed by atoms with E-state index in [0.29, 0.717) is 18.2 Å². The van der Waals surface area contributed by atoms with Crippen LogP contribution in [0.1, 0.15) is 20.0 Å². The molecule has 1 aliphatic heterocycles. The number of nitrogens with zero attached hydrogens (tertiary/aromatic N) is 1. The Bertz CT molecular complexity index is 1250. The number of hydrogen-bond acceptors (Lipinski definition) is 6. The van der Waals surface area contributed by atoms with Gasteiger partial charge in [0.1, 0.15) is 4.88 Å². The highest BCUT2D eigenvalue weighted by Gasteiger charge is 2.27. The normalized spacial score (nSPS) is 15.0. The molecule has 1 aromatic heterocycles. The van der Waals surface area contributed by atoms with Gasteiger partial charge in [0, 0.05) is 28.7 Å². The van der Waals surface area contributed by atoms with Gasteiger partial charge >= 0.3 is 0 Å². The topological polar surface area (TPSA) is 105 Å². The van der Waals surface area contributed by atoms with Gasteiger partial charge in [-0.2, -0.15) is 4.31 Å². The first-order valence-corrected chi connectivity index (χ1v) is 12.0. The van der Waals surface area contributed by atoms with E-state index < -0.39 is 21.8 Å². The van der Waals surface area contributed by atoms with Crippen LogP contribution in [0.4, 0.5) is 0 Å². The number of benzene rings is 2. The minimum Gasteiger partial charge on any atom is -0.379 e. The van der Waals surface area contributed by atoms with Gasteiger partial charge in [0.15, 0.2) is 0 Å². The SMILES string of the molecule is O=C(NNC(=O)c1sc2ccccc2c1Cl)c1cccc(S(=O)(=O)N2CCOCC2)c1. The Morgan fingerprint density at radius 1 is 1.00 bits per heavy atom. The van der Waals surface area contributed by atoms with Gasteiger partial charge in [-0.05, 0) is 24.3 Å². The molecule has 2 amide bonds. The molecule has 1 aliphatic rings. The number of hydrazine groups is 1. The highest BCUT2D eigenvalue weighted by atomic mass is 35.5. The molecule has 162 valence electrons. The van der Waals surface area contributed by atoms with Crippen molar-refractivity contribution in [1.82, 2.24) is 15.2 Å². The van der Waals surface area contributed by atoms with Crippen molar-refractivity contribution in [3.63, 3.8) is 0 Å². The summed E-state index contributed by atoms with van der Waals surface area (Å²) in [6.07, 6.45) is 0. The van der Waals surface area contributed by atoms with Crippen molar-refractivity contribution in [2.45, 2.75) is 4.90 Å². The molecule has 1 saturated heterocycles. The zero-order chi connectivity index (χ0) is 22.0. The molecule has 0 unspecified atom stereocenters. The molecule has 0 bridgehead atoms. The highest BCUT2D eigenvalue weighted by Crippen LogP contribution is 2.34. The standard InChI is InChI=1S/C20H18ClN3O5S2/c21-17-15-6-1-2-7-16(15)30-18(17)20(26)23-22-19(25)13-4-3-5-14(12-13)31(27,28)24-8-10-29-11-9-24/h1-7,12H,8-11H2,(H,22,25)(H,23,26). The number of ether oxygens (including phenoxy) is 1. The van der Waals surface area contributed by atoms with Gasteiger partial charge in [0.05, 0.1) is 23.1 Å². The summed E-state index contributed by atoms with van der Waals surface area (Å²) in [5, 5.41) is 1.07. The molecule has 2 aromatic carbocycles. The molecular formula is C20H18ClN3O5S2. The number of nitrogens with one attached hydrogen (secondary N) is 2. The molecule has 2 heterocycles. The summed E-state index contributed by atoms with van der Waals surface area (Å²) >= 11 is 7.50. The first-order chi connectivity index (χ1) is 14.9. The van der Waals surface area contributed by atoms with Crippen molar-refractivity contribution in [2.24, 2.45) is 0 Å². The lowest BCUT2D eigenvalue weighted by Crippen LogP contribution is -2.42. The van der Waals surface area contributed by atoms with Gasteiger partial charge in [-0.15, -0.1) is 11.3 Å². The van der Waals surface area contributed by atoms with Crippen LogP contribution in [0.5, 0.6) is 0 Å². The van der Waals surface area contributed by atoms with Crippen LogP contribution in [0.15, 0.2) is 53.4 Å². The van der Waals surface area contributed by atoms with Crippen molar-refractivity contribution in [3.8, 4) is 0 Å². The molecule has 0 radical (unpaired) electrons. The number of morpholine rings is 1. The number of carbonyl (C=O) groups is 2. The smallest absolute Gasteiger partial charge is 0.281 e. The molecule has 0 aliphatic carbocycles. The van der Waals surface area contributed by atoms with Gasteiger partial charge < -0.3 is 4.74 Å². The lowest BCUT2D eigenvalue weighted by molar-refractivity contribution is 0.0730. The predicted molar refractivity (Wildman–Crippen MR) is 118 cm³/mol. The molecule has 4 rings (SSSR count). The summed E-state index contributed by atoms with van der Waals surface area (Å²) in [6, 6.07) is 13.0. The number of amides is 2. The second-order valence-corrected chi connectivity index (χ2v) is 10.1. The van der Waals surface area contributed by atoms with Crippen LogP contribution < -0.4 is 10.9 Å². The third-order valence-corrected chi connectivity index (χ3v) is 8.30. The van der Waals surface area contributed by atoms with Crippen LogP contribution in [-0.4, -0.2) is 50.8 Å². The molecule has 2 N–H and O–H groups in total. The number of thiophene rings is 1. The van der Waals surface area contributed by atoms with Gasteiger partial charge in [0.2, 0.25) is 10.0 Å². The van der Waals surface area contributed by atoms with E-state index in [2.05, 4.69) is 10.9 Å². The molecule has 0 spiro atoms. The number of halogens is 1.